The molecule has 0 saturated heterocycles. The number of hydrogen-bond acceptors (Lipinski definition) is 3. The Morgan fingerprint density at radius 1 is 1.35 bits per heavy atom. The van der Waals surface area contributed by atoms with E-state index >= 15 is 0 Å². The number of aromatic nitrogens is 2. The van der Waals surface area contributed by atoms with Crippen LogP contribution >= 0.6 is 0 Å². The van der Waals surface area contributed by atoms with Gasteiger partial charge < -0.3 is 0 Å². The number of hydrogen-bond donors (Lipinski definition) is 0. The van der Waals surface area contributed by atoms with E-state index in [9.17, 15) is 9.18 Å². The SMILES string of the molecule is Cc1cc(C)n(-c2ccc(N=C=O)cc2F)n1. The summed E-state index contributed by atoms with van der Waals surface area (Å²) in [6.45, 7) is 3.68. The third kappa shape index (κ3) is 2.14. The first kappa shape index (κ1) is 11.2. The Bertz CT molecular complexity index is 612. The highest BCUT2D eigenvalue weighted by Crippen LogP contribution is 2.21. The van der Waals surface area contributed by atoms with E-state index in [0.717, 1.165) is 11.4 Å². The highest BCUT2D eigenvalue weighted by molar-refractivity contribution is 5.52. The smallest absolute Gasteiger partial charge is 0.235 e. The molecule has 0 unspecified atom stereocenters. The van der Waals surface area contributed by atoms with E-state index in [0.29, 0.717) is 5.69 Å². The number of carbonyl (C=O) groups excluding carboxylic acids is 1. The molecule has 2 aromatic rings. The molecule has 0 aliphatic rings. The molecule has 5 heteroatoms. The van der Waals surface area contributed by atoms with Crippen LogP contribution in [0.3, 0.4) is 0 Å². The lowest BCUT2D eigenvalue weighted by Gasteiger charge is -2.05. The summed E-state index contributed by atoms with van der Waals surface area (Å²) in [5, 5.41) is 4.19. The summed E-state index contributed by atoms with van der Waals surface area (Å²) in [5.41, 5.74) is 2.23. The Labute approximate surface area is 97.4 Å². The molecule has 0 aliphatic carbocycles. The van der Waals surface area contributed by atoms with E-state index in [-0.39, 0.29) is 5.69 Å². The topological polar surface area (TPSA) is 47.2 Å². The maximum Gasteiger partial charge on any atom is 0.240 e. The fourth-order valence-electron chi connectivity index (χ4n) is 1.66. The molecule has 1 aromatic carbocycles. The Morgan fingerprint density at radius 3 is 2.65 bits per heavy atom. The minimum atomic E-state index is -0.479. The first-order chi connectivity index (χ1) is 8.11. The van der Waals surface area contributed by atoms with Crippen LogP contribution in [0.15, 0.2) is 29.3 Å². The number of nitrogens with zero attached hydrogens (tertiary/aromatic N) is 3. The molecule has 0 radical (unpaired) electrons. The van der Waals surface area contributed by atoms with Gasteiger partial charge in [0.2, 0.25) is 6.08 Å². The molecule has 2 rings (SSSR count). The third-order valence-electron chi connectivity index (χ3n) is 2.34. The normalized spacial score (nSPS) is 10.1. The zero-order valence-electron chi connectivity index (χ0n) is 9.44. The van der Waals surface area contributed by atoms with Crippen LogP contribution in [0, 0.1) is 19.7 Å². The number of benzene rings is 1. The van der Waals surface area contributed by atoms with E-state index < -0.39 is 5.82 Å². The van der Waals surface area contributed by atoms with Crippen molar-refractivity contribution in [2.24, 2.45) is 4.99 Å². The van der Waals surface area contributed by atoms with E-state index in [1.807, 2.05) is 19.9 Å². The molecule has 0 fully saturated rings. The standard InChI is InChI=1S/C12H10FN3O/c1-8-5-9(2)16(15-8)12-4-3-10(14-7-17)6-11(12)13/h3-6H,1-2H3. The van der Waals surface area contributed by atoms with Gasteiger partial charge in [0, 0.05) is 11.8 Å². The van der Waals surface area contributed by atoms with Crippen LogP contribution in [0.4, 0.5) is 10.1 Å². The van der Waals surface area contributed by atoms with Crippen LogP contribution in [0.2, 0.25) is 0 Å². The molecular weight excluding hydrogens is 221 g/mol. The Kier molecular flexibility index (Phi) is 2.85. The Morgan fingerprint density at radius 2 is 2.12 bits per heavy atom. The molecule has 0 aliphatic heterocycles. The van der Waals surface area contributed by atoms with Crippen LogP contribution in [0.1, 0.15) is 11.4 Å². The quantitative estimate of drug-likeness (QED) is 0.589. The minimum Gasteiger partial charge on any atom is -0.235 e. The molecule has 0 spiro atoms. The highest BCUT2D eigenvalue weighted by Gasteiger charge is 2.09. The van der Waals surface area contributed by atoms with Crippen LogP contribution in [0.5, 0.6) is 0 Å². The second-order valence-corrected chi connectivity index (χ2v) is 3.68. The van der Waals surface area contributed by atoms with Crippen molar-refractivity contribution in [1.82, 2.24) is 9.78 Å². The zero-order valence-corrected chi connectivity index (χ0v) is 9.44. The van der Waals surface area contributed by atoms with Gasteiger partial charge in [0.1, 0.15) is 5.69 Å². The summed E-state index contributed by atoms with van der Waals surface area (Å²) < 4.78 is 15.3. The van der Waals surface area contributed by atoms with Crippen LogP contribution in [-0.2, 0) is 4.79 Å². The average Bonchev–Trinajstić information content (AvgIpc) is 2.58. The summed E-state index contributed by atoms with van der Waals surface area (Å²) in [5.74, 6) is -0.479. The fourth-order valence-corrected chi connectivity index (χ4v) is 1.66. The summed E-state index contributed by atoms with van der Waals surface area (Å²) in [4.78, 5) is 13.4. The molecule has 1 aromatic heterocycles. The molecule has 0 N–H and O–H groups in total. The molecule has 1 heterocycles. The number of aryl methyl sites for hydroxylation is 2. The summed E-state index contributed by atoms with van der Waals surface area (Å²) in [6, 6.07) is 6.11. The summed E-state index contributed by atoms with van der Waals surface area (Å²) >= 11 is 0. The Balaban J connectivity index is 2.53. The lowest BCUT2D eigenvalue weighted by molar-refractivity contribution is 0.565. The van der Waals surface area contributed by atoms with E-state index in [1.165, 1.54) is 22.9 Å². The molecule has 0 amide bonds. The molecule has 0 atom stereocenters. The van der Waals surface area contributed by atoms with Gasteiger partial charge in [-0.3, -0.25) is 0 Å². The van der Waals surface area contributed by atoms with Gasteiger partial charge in [-0.1, -0.05) is 0 Å². The van der Waals surface area contributed by atoms with E-state index in [1.54, 1.807) is 6.07 Å². The number of aliphatic imine (C=N–C) groups is 1. The van der Waals surface area contributed by atoms with Gasteiger partial charge in [0.25, 0.3) is 0 Å². The first-order valence-corrected chi connectivity index (χ1v) is 5.03. The van der Waals surface area contributed by atoms with Gasteiger partial charge in [0.15, 0.2) is 5.82 Å². The maximum absolute atomic E-state index is 13.8. The van der Waals surface area contributed by atoms with Gasteiger partial charge in [-0.2, -0.15) is 10.1 Å². The van der Waals surface area contributed by atoms with Crippen molar-refractivity contribution in [3.63, 3.8) is 0 Å². The first-order valence-electron chi connectivity index (χ1n) is 5.03. The van der Waals surface area contributed by atoms with Gasteiger partial charge in [-0.05, 0) is 32.0 Å². The van der Waals surface area contributed by atoms with Crippen LogP contribution < -0.4 is 0 Å². The van der Waals surface area contributed by atoms with E-state index in [2.05, 4.69) is 10.1 Å². The highest BCUT2D eigenvalue weighted by atomic mass is 19.1. The predicted octanol–water partition coefficient (Wildman–Crippen LogP) is 2.60. The second kappa shape index (κ2) is 4.31. The lowest BCUT2D eigenvalue weighted by atomic mass is 10.2. The summed E-state index contributed by atoms with van der Waals surface area (Å²) in [7, 11) is 0. The zero-order chi connectivity index (χ0) is 12.4. The monoisotopic (exact) mass is 231 g/mol. The molecule has 4 nitrogen and oxygen atoms in total. The van der Waals surface area contributed by atoms with E-state index in [4.69, 9.17) is 0 Å². The van der Waals surface area contributed by atoms with Crippen molar-refractivity contribution in [2.75, 3.05) is 0 Å². The van der Waals surface area contributed by atoms with Crippen molar-refractivity contribution in [1.29, 1.82) is 0 Å². The molecule has 86 valence electrons. The third-order valence-corrected chi connectivity index (χ3v) is 2.34. The average molecular weight is 231 g/mol. The van der Waals surface area contributed by atoms with Gasteiger partial charge in [0.05, 0.1) is 11.4 Å². The van der Waals surface area contributed by atoms with Gasteiger partial charge in [-0.15, -0.1) is 0 Å². The Hall–Kier alpha value is -2.26. The largest absolute Gasteiger partial charge is 0.240 e. The maximum atomic E-state index is 13.8. The molecule has 0 saturated carbocycles. The number of halogens is 1. The second-order valence-electron chi connectivity index (χ2n) is 3.68. The van der Waals surface area contributed by atoms with Crippen molar-refractivity contribution in [3.05, 3.63) is 41.5 Å². The number of rotatable bonds is 2. The summed E-state index contributed by atoms with van der Waals surface area (Å²) in [6.07, 6.45) is 1.37. The van der Waals surface area contributed by atoms with Crippen LogP contribution in [0.25, 0.3) is 5.69 Å². The van der Waals surface area contributed by atoms with Crippen molar-refractivity contribution in [3.8, 4) is 5.69 Å². The fraction of sp³-hybridized carbons (Fsp3) is 0.167. The van der Waals surface area contributed by atoms with Crippen molar-refractivity contribution >= 4 is 11.8 Å². The lowest BCUT2D eigenvalue weighted by Crippen LogP contribution is -2.01. The molecule has 0 bridgehead atoms. The minimum absolute atomic E-state index is 0.239. The van der Waals surface area contributed by atoms with Crippen LogP contribution in [-0.4, -0.2) is 15.9 Å². The molecule has 17 heavy (non-hydrogen) atoms. The number of isocyanates is 1. The predicted molar refractivity (Wildman–Crippen MR) is 60.8 cm³/mol. The van der Waals surface area contributed by atoms with Gasteiger partial charge >= 0.3 is 0 Å². The van der Waals surface area contributed by atoms with Gasteiger partial charge in [-0.25, -0.2) is 13.9 Å². The van der Waals surface area contributed by atoms with Crippen molar-refractivity contribution in [2.45, 2.75) is 13.8 Å². The molecular formula is C12H10FN3O. The van der Waals surface area contributed by atoms with Crippen molar-refractivity contribution < 1.29 is 9.18 Å².